The highest BCUT2D eigenvalue weighted by Crippen LogP contribution is 2.43. The molecule has 3 aromatic rings. The fourth-order valence-corrected chi connectivity index (χ4v) is 3.87. The van der Waals surface area contributed by atoms with Gasteiger partial charge < -0.3 is 0 Å². The predicted molar refractivity (Wildman–Crippen MR) is 106 cm³/mol. The highest BCUT2D eigenvalue weighted by Gasteiger charge is 2.44. The molecular weight excluding hydrogens is 318 g/mol. The summed E-state index contributed by atoms with van der Waals surface area (Å²) in [6, 6.07) is 26.2. The van der Waals surface area contributed by atoms with Crippen molar-refractivity contribution in [3.05, 3.63) is 108 Å². The van der Waals surface area contributed by atoms with E-state index in [1.165, 1.54) is 0 Å². The number of rotatable bonds is 5. The van der Waals surface area contributed by atoms with Gasteiger partial charge in [-0.3, -0.25) is 10.1 Å². The van der Waals surface area contributed by atoms with E-state index in [2.05, 4.69) is 36.2 Å². The van der Waals surface area contributed by atoms with E-state index in [9.17, 15) is 4.79 Å². The molecule has 0 saturated heterocycles. The summed E-state index contributed by atoms with van der Waals surface area (Å²) in [6.07, 6.45) is 2.38. The molecule has 0 aliphatic heterocycles. The molecule has 0 radical (unpaired) electrons. The number of Topliss-reactive ketones (excluding diaryl/α,β-unsaturated/α-hetero) is 1. The Balaban J connectivity index is 1.85. The number of nitrogens with one attached hydrogen (secondary N) is 1. The van der Waals surface area contributed by atoms with Gasteiger partial charge in [0.1, 0.15) is 5.54 Å². The number of benzene rings is 3. The van der Waals surface area contributed by atoms with E-state index in [4.69, 9.17) is 0 Å². The molecule has 0 bridgehead atoms. The van der Waals surface area contributed by atoms with E-state index >= 15 is 0 Å². The summed E-state index contributed by atoms with van der Waals surface area (Å²) < 4.78 is 0. The van der Waals surface area contributed by atoms with E-state index in [1.54, 1.807) is 0 Å². The van der Waals surface area contributed by atoms with Gasteiger partial charge in [0.2, 0.25) is 0 Å². The first-order chi connectivity index (χ1) is 12.8. The quantitative estimate of drug-likeness (QED) is 0.654. The average molecular weight is 339 g/mol. The Morgan fingerprint density at radius 1 is 0.808 bits per heavy atom. The van der Waals surface area contributed by atoms with Crippen molar-refractivity contribution in [1.82, 2.24) is 5.32 Å². The maximum atomic E-state index is 13.6. The average Bonchev–Trinajstić information content (AvgIpc) is 2.71. The molecule has 0 aromatic heterocycles. The zero-order valence-electron chi connectivity index (χ0n) is 14.6. The van der Waals surface area contributed by atoms with Crippen molar-refractivity contribution in [2.75, 3.05) is 0 Å². The van der Waals surface area contributed by atoms with Crippen molar-refractivity contribution in [2.24, 2.45) is 0 Å². The van der Waals surface area contributed by atoms with Gasteiger partial charge in [-0.1, -0.05) is 84.9 Å². The zero-order chi connectivity index (χ0) is 18.0. The van der Waals surface area contributed by atoms with Crippen LogP contribution in [0, 0.1) is 0 Å². The lowest BCUT2D eigenvalue weighted by molar-refractivity contribution is 0.0843. The second-order valence-corrected chi connectivity index (χ2v) is 6.66. The van der Waals surface area contributed by atoms with E-state index in [0.717, 1.165) is 27.8 Å². The lowest BCUT2D eigenvalue weighted by atomic mass is 9.70. The summed E-state index contributed by atoms with van der Waals surface area (Å²) in [5.41, 5.74) is 4.29. The predicted octanol–water partition coefficient (Wildman–Crippen LogP) is 5.11. The molecule has 0 heterocycles. The lowest BCUT2D eigenvalue weighted by Crippen LogP contribution is -2.50. The molecule has 26 heavy (non-hydrogen) atoms. The highest BCUT2D eigenvalue weighted by atomic mass is 16.1. The molecule has 1 aliphatic carbocycles. The van der Waals surface area contributed by atoms with Gasteiger partial charge in [0, 0.05) is 12.1 Å². The Morgan fingerprint density at radius 3 is 2.15 bits per heavy atom. The summed E-state index contributed by atoms with van der Waals surface area (Å²) in [7, 11) is 0. The van der Waals surface area contributed by atoms with Crippen LogP contribution in [-0.2, 0) is 12.1 Å². The van der Waals surface area contributed by atoms with Crippen molar-refractivity contribution in [3.8, 4) is 11.1 Å². The summed E-state index contributed by atoms with van der Waals surface area (Å²) in [5, 5.41) is 3.58. The van der Waals surface area contributed by atoms with Crippen LogP contribution < -0.4 is 5.32 Å². The first-order valence-corrected chi connectivity index (χ1v) is 8.90. The standard InChI is InChI=1S/C24H21NO/c1-2-16-24(25-17-18-10-4-3-5-11-18)22-15-9-8-13-20(22)19-12-6-7-14-21(19)23(24)26/h2-15,25H,1,16-17H2. The fourth-order valence-electron chi connectivity index (χ4n) is 3.87. The van der Waals surface area contributed by atoms with E-state index in [-0.39, 0.29) is 5.78 Å². The Bertz CT molecular complexity index is 961. The van der Waals surface area contributed by atoms with Crippen molar-refractivity contribution < 1.29 is 4.79 Å². The van der Waals surface area contributed by atoms with Crippen LogP contribution in [0.15, 0.2) is 91.5 Å². The van der Waals surface area contributed by atoms with Crippen LogP contribution in [-0.4, -0.2) is 5.78 Å². The van der Waals surface area contributed by atoms with E-state index < -0.39 is 5.54 Å². The van der Waals surface area contributed by atoms with Gasteiger partial charge in [-0.2, -0.15) is 0 Å². The molecule has 1 unspecified atom stereocenters. The molecule has 1 N–H and O–H groups in total. The minimum atomic E-state index is -0.789. The summed E-state index contributed by atoms with van der Waals surface area (Å²) in [6.45, 7) is 4.55. The minimum absolute atomic E-state index is 0.114. The first-order valence-electron chi connectivity index (χ1n) is 8.90. The largest absolute Gasteiger partial charge is 0.297 e. The third kappa shape index (κ3) is 2.59. The third-order valence-electron chi connectivity index (χ3n) is 5.12. The number of carbonyl (C=O) groups is 1. The summed E-state index contributed by atoms with van der Waals surface area (Å²) in [5.74, 6) is 0.114. The highest BCUT2D eigenvalue weighted by molar-refractivity contribution is 6.12. The van der Waals surface area contributed by atoms with Crippen LogP contribution in [0.1, 0.15) is 27.9 Å². The Kier molecular flexibility index (Phi) is 4.27. The normalized spacial score (nSPS) is 18.1. The van der Waals surface area contributed by atoms with Crippen LogP contribution in [0.25, 0.3) is 11.1 Å². The van der Waals surface area contributed by atoms with Gasteiger partial charge in [-0.15, -0.1) is 6.58 Å². The molecule has 128 valence electrons. The van der Waals surface area contributed by atoms with Crippen LogP contribution in [0.4, 0.5) is 0 Å². The minimum Gasteiger partial charge on any atom is -0.297 e. The number of fused-ring (bicyclic) bond motifs is 3. The Morgan fingerprint density at radius 2 is 1.42 bits per heavy atom. The first kappa shape index (κ1) is 16.5. The van der Waals surface area contributed by atoms with Crippen molar-refractivity contribution in [2.45, 2.75) is 18.5 Å². The Labute approximate surface area is 154 Å². The van der Waals surface area contributed by atoms with Gasteiger partial charge in [-0.05, 0) is 28.7 Å². The molecular formula is C24H21NO. The lowest BCUT2D eigenvalue weighted by Gasteiger charge is -2.39. The second-order valence-electron chi connectivity index (χ2n) is 6.66. The molecule has 0 spiro atoms. The molecule has 1 atom stereocenters. The third-order valence-corrected chi connectivity index (χ3v) is 5.12. The van der Waals surface area contributed by atoms with Crippen molar-refractivity contribution >= 4 is 5.78 Å². The topological polar surface area (TPSA) is 29.1 Å². The molecule has 0 saturated carbocycles. The van der Waals surface area contributed by atoms with Gasteiger partial charge >= 0.3 is 0 Å². The van der Waals surface area contributed by atoms with E-state index in [1.807, 2.05) is 60.7 Å². The monoisotopic (exact) mass is 339 g/mol. The molecule has 4 rings (SSSR count). The van der Waals surface area contributed by atoms with Gasteiger partial charge in [0.15, 0.2) is 5.78 Å². The van der Waals surface area contributed by atoms with E-state index in [0.29, 0.717) is 13.0 Å². The van der Waals surface area contributed by atoms with Crippen molar-refractivity contribution in [1.29, 1.82) is 0 Å². The Hall–Kier alpha value is -2.97. The molecule has 0 amide bonds. The maximum absolute atomic E-state index is 13.6. The fraction of sp³-hybridized carbons (Fsp3) is 0.125. The molecule has 3 aromatic carbocycles. The zero-order valence-corrected chi connectivity index (χ0v) is 14.6. The maximum Gasteiger partial charge on any atom is 0.188 e. The van der Waals surface area contributed by atoms with Crippen LogP contribution in [0.5, 0.6) is 0 Å². The molecule has 2 heteroatoms. The summed E-state index contributed by atoms with van der Waals surface area (Å²) >= 11 is 0. The van der Waals surface area contributed by atoms with Gasteiger partial charge in [0.25, 0.3) is 0 Å². The van der Waals surface area contributed by atoms with Gasteiger partial charge in [-0.25, -0.2) is 0 Å². The molecule has 1 aliphatic rings. The molecule has 2 nitrogen and oxygen atoms in total. The molecule has 0 fully saturated rings. The smallest absolute Gasteiger partial charge is 0.188 e. The van der Waals surface area contributed by atoms with Crippen LogP contribution >= 0.6 is 0 Å². The number of carbonyl (C=O) groups excluding carboxylic acids is 1. The summed E-state index contributed by atoms with van der Waals surface area (Å²) in [4.78, 5) is 13.6. The second kappa shape index (κ2) is 6.74. The number of hydrogen-bond acceptors (Lipinski definition) is 2. The van der Waals surface area contributed by atoms with Crippen molar-refractivity contribution in [3.63, 3.8) is 0 Å². The van der Waals surface area contributed by atoms with Crippen LogP contribution in [0.3, 0.4) is 0 Å². The van der Waals surface area contributed by atoms with Crippen LogP contribution in [0.2, 0.25) is 0 Å². The number of hydrogen-bond donors (Lipinski definition) is 1. The number of ketones is 1. The van der Waals surface area contributed by atoms with Gasteiger partial charge in [0.05, 0.1) is 0 Å². The SMILES string of the molecule is C=CCC1(NCc2ccccc2)C(=O)c2ccccc2-c2ccccc21.